The largest absolute Gasteiger partial charge is 0.409 e. The van der Waals surface area contributed by atoms with Crippen molar-refractivity contribution in [2.24, 2.45) is 28.6 Å². The Labute approximate surface area is 127 Å². The van der Waals surface area contributed by atoms with Gasteiger partial charge in [0.1, 0.15) is 0 Å². The molecule has 2 aliphatic rings. The minimum absolute atomic E-state index is 0.0871. The van der Waals surface area contributed by atoms with E-state index >= 15 is 0 Å². The topological polar surface area (TPSA) is 87.7 Å². The van der Waals surface area contributed by atoms with E-state index in [9.17, 15) is 4.79 Å². The fourth-order valence-corrected chi connectivity index (χ4v) is 3.76. The Morgan fingerprint density at radius 2 is 1.76 bits per heavy atom. The zero-order chi connectivity index (χ0) is 15.2. The summed E-state index contributed by atoms with van der Waals surface area (Å²) in [6.07, 6.45) is 9.82. The van der Waals surface area contributed by atoms with Crippen molar-refractivity contribution in [1.82, 2.24) is 5.32 Å². The second-order valence-corrected chi connectivity index (χ2v) is 6.87. The van der Waals surface area contributed by atoms with Gasteiger partial charge in [0.2, 0.25) is 5.91 Å². The molecular formula is C16H29N3O2. The minimum atomic E-state index is -0.304. The average Bonchev–Trinajstić information content (AvgIpc) is 2.53. The summed E-state index contributed by atoms with van der Waals surface area (Å²) in [4.78, 5) is 12.5. The van der Waals surface area contributed by atoms with Crippen LogP contribution in [-0.4, -0.2) is 23.0 Å². The molecule has 5 nitrogen and oxygen atoms in total. The molecule has 0 aliphatic heterocycles. The minimum Gasteiger partial charge on any atom is -0.409 e. The van der Waals surface area contributed by atoms with E-state index in [0.29, 0.717) is 5.92 Å². The van der Waals surface area contributed by atoms with Crippen molar-refractivity contribution in [1.29, 1.82) is 0 Å². The van der Waals surface area contributed by atoms with Gasteiger partial charge in [0, 0.05) is 5.92 Å². The predicted molar refractivity (Wildman–Crippen MR) is 83.0 cm³/mol. The molecular weight excluding hydrogens is 266 g/mol. The summed E-state index contributed by atoms with van der Waals surface area (Å²) in [5.41, 5.74) is 5.83. The summed E-state index contributed by atoms with van der Waals surface area (Å²) in [6.45, 7) is 2.25. The Hall–Kier alpha value is -1.26. The molecule has 2 fully saturated rings. The van der Waals surface area contributed by atoms with Crippen LogP contribution >= 0.6 is 0 Å². The quantitative estimate of drug-likeness (QED) is 0.322. The summed E-state index contributed by atoms with van der Waals surface area (Å²) in [5, 5.41) is 15.2. The third-order valence-electron chi connectivity index (χ3n) is 5.24. The molecule has 2 saturated carbocycles. The molecule has 0 aromatic rings. The van der Waals surface area contributed by atoms with Crippen molar-refractivity contribution in [3.05, 3.63) is 0 Å². The molecule has 0 radical (unpaired) electrons. The Morgan fingerprint density at radius 3 is 2.33 bits per heavy atom. The van der Waals surface area contributed by atoms with Gasteiger partial charge in [-0.1, -0.05) is 31.3 Å². The SMILES string of the molecule is CC1CCC(C(=O)NC(C(N)=NO)C2CCCCC2)CC1. The van der Waals surface area contributed by atoms with Crippen LogP contribution in [0.3, 0.4) is 0 Å². The predicted octanol–water partition coefficient (Wildman–Crippen LogP) is 2.62. The molecule has 1 atom stereocenters. The zero-order valence-corrected chi connectivity index (χ0v) is 13.1. The highest BCUT2D eigenvalue weighted by molar-refractivity contribution is 5.90. The number of hydrogen-bond acceptors (Lipinski definition) is 3. The van der Waals surface area contributed by atoms with E-state index in [2.05, 4.69) is 17.4 Å². The van der Waals surface area contributed by atoms with Crippen molar-refractivity contribution in [3.63, 3.8) is 0 Å². The molecule has 21 heavy (non-hydrogen) atoms. The monoisotopic (exact) mass is 295 g/mol. The molecule has 0 aromatic carbocycles. The number of rotatable bonds is 4. The molecule has 0 spiro atoms. The maximum Gasteiger partial charge on any atom is 0.223 e. The number of carbonyl (C=O) groups is 1. The molecule has 5 heteroatoms. The third-order valence-corrected chi connectivity index (χ3v) is 5.24. The molecule has 2 aliphatic carbocycles. The standard InChI is InChI=1S/C16H29N3O2/c1-11-7-9-13(10-8-11)16(20)18-14(15(17)19-21)12-5-3-2-4-6-12/h11-14,21H,2-10H2,1H3,(H2,17,19)(H,18,20). The average molecular weight is 295 g/mol. The van der Waals surface area contributed by atoms with Crippen LogP contribution in [0.1, 0.15) is 64.7 Å². The van der Waals surface area contributed by atoms with Gasteiger partial charge in [-0.05, 0) is 50.4 Å². The molecule has 120 valence electrons. The van der Waals surface area contributed by atoms with Gasteiger partial charge in [-0.2, -0.15) is 0 Å². The third kappa shape index (κ3) is 4.35. The highest BCUT2D eigenvalue weighted by Gasteiger charge is 2.31. The summed E-state index contributed by atoms with van der Waals surface area (Å²) >= 11 is 0. The lowest BCUT2D eigenvalue weighted by atomic mass is 9.81. The molecule has 0 heterocycles. The van der Waals surface area contributed by atoms with Crippen LogP contribution in [0.5, 0.6) is 0 Å². The van der Waals surface area contributed by atoms with Gasteiger partial charge in [0.25, 0.3) is 0 Å². The van der Waals surface area contributed by atoms with Crippen LogP contribution < -0.4 is 11.1 Å². The number of oxime groups is 1. The lowest BCUT2D eigenvalue weighted by Gasteiger charge is -2.32. The Bertz CT molecular complexity index is 370. The number of amides is 1. The Morgan fingerprint density at radius 1 is 1.14 bits per heavy atom. The van der Waals surface area contributed by atoms with Crippen LogP contribution in [0.4, 0.5) is 0 Å². The molecule has 0 bridgehead atoms. The van der Waals surface area contributed by atoms with Crippen molar-refractivity contribution in [3.8, 4) is 0 Å². The van der Waals surface area contributed by atoms with E-state index in [-0.39, 0.29) is 23.7 Å². The van der Waals surface area contributed by atoms with Gasteiger partial charge in [-0.15, -0.1) is 0 Å². The van der Waals surface area contributed by atoms with Crippen molar-refractivity contribution >= 4 is 11.7 Å². The van der Waals surface area contributed by atoms with Crippen LogP contribution in [0.2, 0.25) is 0 Å². The van der Waals surface area contributed by atoms with Gasteiger partial charge in [-0.3, -0.25) is 4.79 Å². The highest BCUT2D eigenvalue weighted by atomic mass is 16.4. The van der Waals surface area contributed by atoms with Gasteiger partial charge < -0.3 is 16.3 Å². The van der Waals surface area contributed by atoms with E-state index in [0.717, 1.165) is 57.3 Å². The number of carbonyl (C=O) groups excluding carboxylic acids is 1. The maximum atomic E-state index is 12.5. The first kappa shape index (κ1) is 16.1. The Kier molecular flexibility index (Phi) is 5.88. The van der Waals surface area contributed by atoms with Crippen LogP contribution in [0.25, 0.3) is 0 Å². The number of nitrogens with zero attached hydrogens (tertiary/aromatic N) is 1. The number of nitrogens with two attached hydrogens (primary N) is 1. The summed E-state index contributed by atoms with van der Waals surface area (Å²) in [7, 11) is 0. The van der Waals surface area contributed by atoms with Crippen molar-refractivity contribution in [2.75, 3.05) is 0 Å². The van der Waals surface area contributed by atoms with Crippen LogP contribution in [0.15, 0.2) is 5.16 Å². The van der Waals surface area contributed by atoms with E-state index in [1.54, 1.807) is 0 Å². The lowest BCUT2D eigenvalue weighted by molar-refractivity contribution is -0.126. The van der Waals surface area contributed by atoms with Crippen LogP contribution in [0, 0.1) is 17.8 Å². The number of nitrogens with one attached hydrogen (secondary N) is 1. The van der Waals surface area contributed by atoms with Gasteiger partial charge >= 0.3 is 0 Å². The molecule has 0 saturated heterocycles. The molecule has 4 N–H and O–H groups in total. The first-order valence-corrected chi connectivity index (χ1v) is 8.39. The number of amidine groups is 1. The molecule has 2 rings (SSSR count). The second kappa shape index (κ2) is 7.66. The van der Waals surface area contributed by atoms with Crippen molar-refractivity contribution < 1.29 is 10.0 Å². The second-order valence-electron chi connectivity index (χ2n) is 6.87. The van der Waals surface area contributed by atoms with Gasteiger partial charge in [0.05, 0.1) is 6.04 Å². The smallest absolute Gasteiger partial charge is 0.223 e. The van der Waals surface area contributed by atoms with E-state index in [1.807, 2.05) is 0 Å². The fraction of sp³-hybridized carbons (Fsp3) is 0.875. The van der Waals surface area contributed by atoms with E-state index < -0.39 is 0 Å². The lowest BCUT2D eigenvalue weighted by Crippen LogP contribution is -2.51. The molecule has 0 aromatic heterocycles. The van der Waals surface area contributed by atoms with E-state index in [1.165, 1.54) is 6.42 Å². The molecule has 1 unspecified atom stereocenters. The van der Waals surface area contributed by atoms with Crippen LogP contribution in [-0.2, 0) is 4.79 Å². The maximum absolute atomic E-state index is 12.5. The summed E-state index contributed by atoms with van der Waals surface area (Å²) in [6, 6.07) is -0.304. The van der Waals surface area contributed by atoms with Crippen molar-refractivity contribution in [2.45, 2.75) is 70.8 Å². The molecule has 1 amide bonds. The Balaban J connectivity index is 1.95. The first-order valence-electron chi connectivity index (χ1n) is 8.39. The number of hydrogen-bond donors (Lipinski definition) is 3. The summed E-state index contributed by atoms with van der Waals surface area (Å²) < 4.78 is 0. The van der Waals surface area contributed by atoms with Gasteiger partial charge in [-0.25, -0.2) is 0 Å². The normalized spacial score (nSPS) is 29.9. The first-order chi connectivity index (χ1) is 10.1. The van der Waals surface area contributed by atoms with Gasteiger partial charge in [0.15, 0.2) is 5.84 Å². The zero-order valence-electron chi connectivity index (χ0n) is 13.1. The fourth-order valence-electron chi connectivity index (χ4n) is 3.76. The summed E-state index contributed by atoms with van der Waals surface area (Å²) in [5.74, 6) is 1.37. The van der Waals surface area contributed by atoms with E-state index in [4.69, 9.17) is 10.9 Å². The highest BCUT2D eigenvalue weighted by Crippen LogP contribution is 2.30.